The molecule has 0 saturated carbocycles. The van der Waals surface area contributed by atoms with Crippen molar-refractivity contribution in [1.82, 2.24) is 23.8 Å². The summed E-state index contributed by atoms with van der Waals surface area (Å²) in [5.74, 6) is 0.808. The van der Waals surface area contributed by atoms with Crippen LogP contribution < -0.4 is 4.72 Å². The maximum absolute atomic E-state index is 6.16. The van der Waals surface area contributed by atoms with Gasteiger partial charge in [-0.1, -0.05) is 0 Å². The Kier molecular flexibility index (Phi) is 2.83. The van der Waals surface area contributed by atoms with Gasteiger partial charge in [-0.05, 0) is 18.2 Å². The maximum Gasteiger partial charge on any atom is 0.161 e. The molecule has 7 heteroatoms. The summed E-state index contributed by atoms with van der Waals surface area (Å²) >= 11 is 1.54. The van der Waals surface area contributed by atoms with Gasteiger partial charge >= 0.3 is 0 Å². The molecule has 5 rings (SSSR count). The standard InChI is InChI=1S/C17H13N5OS/c1-21-10-12(8-19-21)14-2-4-18-15-7-16(23-17(14)15)11-3-5-22-13(6-11)9-20-24-22/h2-10,20H,1H3. The Morgan fingerprint density at radius 3 is 3.17 bits per heavy atom. The molecule has 118 valence electrons. The van der Waals surface area contributed by atoms with Crippen molar-refractivity contribution >= 4 is 28.8 Å². The van der Waals surface area contributed by atoms with Crippen molar-refractivity contribution in [1.29, 1.82) is 0 Å². The van der Waals surface area contributed by atoms with Gasteiger partial charge in [-0.3, -0.25) is 14.0 Å². The van der Waals surface area contributed by atoms with E-state index in [9.17, 15) is 0 Å². The number of pyridine rings is 1. The normalized spacial score (nSPS) is 16.1. The predicted molar refractivity (Wildman–Crippen MR) is 94.0 cm³/mol. The number of rotatable bonds is 2. The third-order valence-electron chi connectivity index (χ3n) is 4.02. The molecule has 3 aromatic rings. The van der Waals surface area contributed by atoms with Crippen LogP contribution in [0.1, 0.15) is 5.76 Å². The minimum Gasteiger partial charge on any atom is -0.454 e. The molecule has 0 saturated heterocycles. The Hall–Kier alpha value is -2.93. The largest absolute Gasteiger partial charge is 0.454 e. The number of nitrogens with zero attached hydrogens (tertiary/aromatic N) is 4. The lowest BCUT2D eigenvalue weighted by Gasteiger charge is -2.16. The minimum absolute atomic E-state index is 0.783. The van der Waals surface area contributed by atoms with Crippen molar-refractivity contribution in [3.63, 3.8) is 0 Å². The molecule has 6 nitrogen and oxygen atoms in total. The van der Waals surface area contributed by atoms with Gasteiger partial charge < -0.3 is 9.14 Å². The fourth-order valence-electron chi connectivity index (χ4n) is 2.86. The van der Waals surface area contributed by atoms with Gasteiger partial charge in [0.2, 0.25) is 0 Å². The number of hydrogen-bond donors (Lipinski definition) is 1. The van der Waals surface area contributed by atoms with Crippen molar-refractivity contribution in [3.8, 4) is 11.1 Å². The van der Waals surface area contributed by atoms with Crippen molar-refractivity contribution in [2.75, 3.05) is 0 Å². The number of aromatic nitrogens is 3. The molecule has 0 amide bonds. The highest BCUT2D eigenvalue weighted by Crippen LogP contribution is 2.35. The van der Waals surface area contributed by atoms with E-state index in [0.29, 0.717) is 0 Å². The number of allylic oxidation sites excluding steroid dienone is 3. The lowest BCUT2D eigenvalue weighted by Crippen LogP contribution is -2.05. The van der Waals surface area contributed by atoms with E-state index < -0.39 is 0 Å². The van der Waals surface area contributed by atoms with Crippen LogP contribution in [0.15, 0.2) is 65.4 Å². The van der Waals surface area contributed by atoms with Crippen LogP contribution in [-0.4, -0.2) is 19.1 Å². The summed E-state index contributed by atoms with van der Waals surface area (Å²) in [4.78, 5) is 4.44. The van der Waals surface area contributed by atoms with E-state index >= 15 is 0 Å². The van der Waals surface area contributed by atoms with Gasteiger partial charge in [-0.25, -0.2) is 0 Å². The van der Waals surface area contributed by atoms with Crippen molar-refractivity contribution in [2.24, 2.45) is 7.05 Å². The Morgan fingerprint density at radius 2 is 2.29 bits per heavy atom. The molecular weight excluding hydrogens is 322 g/mol. The van der Waals surface area contributed by atoms with Crippen molar-refractivity contribution in [2.45, 2.75) is 0 Å². The lowest BCUT2D eigenvalue weighted by molar-refractivity contribution is 0.600. The van der Waals surface area contributed by atoms with Crippen LogP contribution in [0, 0.1) is 0 Å². The molecule has 0 bridgehead atoms. The second-order valence-corrected chi connectivity index (χ2v) is 6.42. The molecule has 2 aliphatic heterocycles. The van der Waals surface area contributed by atoms with E-state index in [1.807, 2.05) is 50.1 Å². The van der Waals surface area contributed by atoms with E-state index in [4.69, 9.17) is 4.42 Å². The number of nitrogens with one attached hydrogen (secondary N) is 1. The lowest BCUT2D eigenvalue weighted by atomic mass is 10.1. The van der Waals surface area contributed by atoms with Crippen LogP contribution in [0.3, 0.4) is 0 Å². The molecule has 0 fully saturated rings. The van der Waals surface area contributed by atoms with E-state index in [2.05, 4.69) is 25.2 Å². The van der Waals surface area contributed by atoms with Crippen molar-refractivity contribution in [3.05, 3.63) is 66.7 Å². The zero-order valence-electron chi connectivity index (χ0n) is 12.8. The van der Waals surface area contributed by atoms with E-state index in [-0.39, 0.29) is 0 Å². The van der Waals surface area contributed by atoms with Gasteiger partial charge in [0, 0.05) is 54.6 Å². The van der Waals surface area contributed by atoms with Gasteiger partial charge in [-0.2, -0.15) is 5.10 Å². The van der Waals surface area contributed by atoms with Gasteiger partial charge in [0.05, 0.1) is 24.0 Å². The number of furan rings is 1. The van der Waals surface area contributed by atoms with E-state index in [1.54, 1.807) is 10.9 Å². The topological polar surface area (TPSA) is 59.1 Å². The second kappa shape index (κ2) is 5.04. The molecule has 1 N–H and O–H groups in total. The Balaban J connectivity index is 1.63. The first-order chi connectivity index (χ1) is 11.8. The van der Waals surface area contributed by atoms with Crippen LogP contribution in [0.4, 0.5) is 0 Å². The molecule has 0 unspecified atom stereocenters. The Morgan fingerprint density at radius 1 is 1.33 bits per heavy atom. The average Bonchev–Trinajstić information content (AvgIpc) is 3.32. The Labute approximate surface area is 142 Å². The number of fused-ring (bicyclic) bond motifs is 2. The summed E-state index contributed by atoms with van der Waals surface area (Å²) in [6.07, 6.45) is 13.7. The highest BCUT2D eigenvalue weighted by atomic mass is 32.2. The zero-order valence-corrected chi connectivity index (χ0v) is 13.6. The fraction of sp³-hybridized carbons (Fsp3) is 0.0588. The van der Waals surface area contributed by atoms with Crippen LogP contribution in [0.5, 0.6) is 0 Å². The van der Waals surface area contributed by atoms with Gasteiger partial charge in [0.1, 0.15) is 11.3 Å². The summed E-state index contributed by atoms with van der Waals surface area (Å²) in [6, 6.07) is 3.94. The molecule has 0 atom stereocenters. The smallest absolute Gasteiger partial charge is 0.161 e. The first-order valence-electron chi connectivity index (χ1n) is 7.48. The van der Waals surface area contributed by atoms with E-state index in [1.165, 1.54) is 12.1 Å². The molecule has 0 spiro atoms. The van der Waals surface area contributed by atoms with Crippen LogP contribution in [-0.2, 0) is 7.05 Å². The molecule has 2 aliphatic rings. The quantitative estimate of drug-likeness (QED) is 0.724. The number of hydrogen-bond acceptors (Lipinski definition) is 6. The zero-order chi connectivity index (χ0) is 16.1. The first-order valence-corrected chi connectivity index (χ1v) is 8.25. The summed E-state index contributed by atoms with van der Waals surface area (Å²) in [7, 11) is 1.90. The minimum atomic E-state index is 0.783. The Bertz CT molecular complexity index is 1040. The monoisotopic (exact) mass is 335 g/mol. The maximum atomic E-state index is 6.16. The summed E-state index contributed by atoms with van der Waals surface area (Å²) in [5, 5.41) is 4.24. The third kappa shape index (κ3) is 2.05. The predicted octanol–water partition coefficient (Wildman–Crippen LogP) is 3.45. The van der Waals surface area contributed by atoms with Gasteiger partial charge in [0.25, 0.3) is 0 Å². The third-order valence-corrected chi connectivity index (χ3v) is 4.77. The second-order valence-electron chi connectivity index (χ2n) is 5.61. The number of aryl methyl sites for hydroxylation is 1. The van der Waals surface area contributed by atoms with Crippen LogP contribution >= 0.6 is 12.1 Å². The molecule has 0 aliphatic carbocycles. The first kappa shape index (κ1) is 13.5. The summed E-state index contributed by atoms with van der Waals surface area (Å²) in [5.41, 5.74) is 5.76. The van der Waals surface area contributed by atoms with Crippen molar-refractivity contribution < 1.29 is 4.42 Å². The molecule has 24 heavy (non-hydrogen) atoms. The molecule has 0 radical (unpaired) electrons. The molecule has 0 aromatic carbocycles. The molecule has 3 aromatic heterocycles. The highest BCUT2D eigenvalue weighted by molar-refractivity contribution is 7.95. The highest BCUT2D eigenvalue weighted by Gasteiger charge is 2.19. The summed E-state index contributed by atoms with van der Waals surface area (Å²) < 4.78 is 13.1. The SMILES string of the molecule is Cn1cc(-c2ccnc3cc(C4=CC5=CNSN5C=C4)oc23)cn1. The summed E-state index contributed by atoms with van der Waals surface area (Å²) in [6.45, 7) is 0. The van der Waals surface area contributed by atoms with Gasteiger partial charge in [0.15, 0.2) is 5.58 Å². The van der Waals surface area contributed by atoms with Crippen LogP contribution in [0.25, 0.3) is 27.8 Å². The molecular formula is C17H13N5OS. The van der Waals surface area contributed by atoms with Gasteiger partial charge in [-0.15, -0.1) is 0 Å². The van der Waals surface area contributed by atoms with Crippen LogP contribution in [0.2, 0.25) is 0 Å². The molecule has 5 heterocycles. The fourth-order valence-corrected chi connectivity index (χ4v) is 3.48. The average molecular weight is 335 g/mol. The van der Waals surface area contributed by atoms with E-state index in [0.717, 1.165) is 39.3 Å².